The molecule has 0 aromatic heterocycles. The quantitative estimate of drug-likeness (QED) is 0.789. The van der Waals surface area contributed by atoms with E-state index < -0.39 is 5.91 Å². The lowest BCUT2D eigenvalue weighted by Gasteiger charge is -2.21. The Morgan fingerprint density at radius 3 is 2.67 bits per heavy atom. The Balaban J connectivity index is 2.83. The number of hydrogen-bond donors (Lipinski definition) is 1. The van der Waals surface area contributed by atoms with E-state index in [1.807, 2.05) is 25.1 Å². The molecule has 0 bridgehead atoms. The molecule has 0 fully saturated rings. The number of nitrogens with zero attached hydrogens (tertiary/aromatic N) is 1. The molecular formula is C13H17IN2O2. The van der Waals surface area contributed by atoms with Gasteiger partial charge in [-0.1, -0.05) is 19.4 Å². The summed E-state index contributed by atoms with van der Waals surface area (Å²) in [5, 5.41) is 0. The van der Waals surface area contributed by atoms with Gasteiger partial charge in [-0.15, -0.1) is 0 Å². The maximum atomic E-state index is 12.3. The summed E-state index contributed by atoms with van der Waals surface area (Å²) in [5.74, 6) is -0.620. The lowest BCUT2D eigenvalue weighted by atomic mass is 10.2. The third-order valence-corrected chi connectivity index (χ3v) is 3.16. The van der Waals surface area contributed by atoms with E-state index >= 15 is 0 Å². The van der Waals surface area contributed by atoms with Crippen LogP contribution in [-0.4, -0.2) is 29.8 Å². The Bertz CT molecular complexity index is 435. The van der Waals surface area contributed by atoms with E-state index in [2.05, 4.69) is 22.6 Å². The van der Waals surface area contributed by atoms with Crippen molar-refractivity contribution >= 4 is 34.4 Å². The van der Waals surface area contributed by atoms with Gasteiger partial charge in [0.25, 0.3) is 5.91 Å². The molecule has 0 aliphatic carbocycles. The highest BCUT2D eigenvalue weighted by atomic mass is 127. The molecule has 1 aromatic rings. The highest BCUT2D eigenvalue weighted by Gasteiger charge is 2.17. The Labute approximate surface area is 121 Å². The van der Waals surface area contributed by atoms with Crippen molar-refractivity contribution in [3.63, 3.8) is 0 Å². The van der Waals surface area contributed by atoms with Crippen LogP contribution in [0.5, 0.6) is 0 Å². The molecule has 1 aromatic carbocycles. The fraction of sp³-hybridized carbons (Fsp3) is 0.385. The average molecular weight is 360 g/mol. The van der Waals surface area contributed by atoms with Crippen molar-refractivity contribution in [2.75, 3.05) is 13.1 Å². The van der Waals surface area contributed by atoms with Gasteiger partial charge in [0.1, 0.15) is 0 Å². The molecule has 0 atom stereocenters. The van der Waals surface area contributed by atoms with Gasteiger partial charge in [-0.2, -0.15) is 0 Å². The van der Waals surface area contributed by atoms with Crippen LogP contribution in [0.25, 0.3) is 0 Å². The number of primary amides is 1. The number of carbonyl (C=O) groups is 2. The van der Waals surface area contributed by atoms with Gasteiger partial charge in [-0.05, 0) is 47.2 Å². The summed E-state index contributed by atoms with van der Waals surface area (Å²) in [6.45, 7) is 2.58. The number of unbranched alkanes of at least 4 members (excludes halogenated alkanes) is 1. The van der Waals surface area contributed by atoms with Gasteiger partial charge in [-0.25, -0.2) is 0 Å². The van der Waals surface area contributed by atoms with Crippen LogP contribution in [0, 0.1) is 3.57 Å². The van der Waals surface area contributed by atoms with Gasteiger partial charge in [0.2, 0.25) is 5.91 Å². The number of nitrogens with two attached hydrogens (primary N) is 1. The van der Waals surface area contributed by atoms with E-state index in [0.717, 1.165) is 16.4 Å². The van der Waals surface area contributed by atoms with Crippen LogP contribution in [-0.2, 0) is 4.79 Å². The molecule has 0 spiro atoms. The third-order valence-electron chi connectivity index (χ3n) is 2.49. The lowest BCUT2D eigenvalue weighted by Crippen LogP contribution is -2.39. The Kier molecular flexibility index (Phi) is 6.11. The minimum Gasteiger partial charge on any atom is -0.368 e. The number of halogens is 1. The summed E-state index contributed by atoms with van der Waals surface area (Å²) in [5.41, 5.74) is 5.77. The molecule has 2 amide bonds. The minimum absolute atomic E-state index is 0.0235. The molecule has 0 unspecified atom stereocenters. The summed E-state index contributed by atoms with van der Waals surface area (Å²) in [6.07, 6.45) is 1.83. The maximum Gasteiger partial charge on any atom is 0.254 e. The Hall–Kier alpha value is -1.11. The number of benzene rings is 1. The van der Waals surface area contributed by atoms with Crippen LogP contribution < -0.4 is 5.73 Å². The van der Waals surface area contributed by atoms with E-state index in [-0.39, 0.29) is 12.5 Å². The van der Waals surface area contributed by atoms with Gasteiger partial charge in [0.05, 0.1) is 6.54 Å². The molecule has 0 saturated carbocycles. The second-order valence-electron chi connectivity index (χ2n) is 4.06. The third kappa shape index (κ3) is 4.64. The first-order valence-corrected chi connectivity index (χ1v) is 6.95. The minimum atomic E-state index is -0.481. The van der Waals surface area contributed by atoms with Crippen LogP contribution in [0.2, 0.25) is 0 Å². The second kappa shape index (κ2) is 7.35. The van der Waals surface area contributed by atoms with Crippen molar-refractivity contribution in [2.24, 2.45) is 5.73 Å². The number of hydrogen-bond acceptors (Lipinski definition) is 2. The number of carbonyl (C=O) groups excluding carboxylic acids is 2. The topological polar surface area (TPSA) is 63.4 Å². The van der Waals surface area contributed by atoms with Crippen LogP contribution in [0.3, 0.4) is 0 Å². The SMILES string of the molecule is CCCCN(CC(N)=O)C(=O)c1cccc(I)c1. The Morgan fingerprint density at radius 2 is 2.11 bits per heavy atom. The highest BCUT2D eigenvalue weighted by Crippen LogP contribution is 2.11. The largest absolute Gasteiger partial charge is 0.368 e. The van der Waals surface area contributed by atoms with Gasteiger partial charge < -0.3 is 10.6 Å². The van der Waals surface area contributed by atoms with Crippen LogP contribution in [0.1, 0.15) is 30.1 Å². The zero-order valence-electron chi connectivity index (χ0n) is 10.4. The van der Waals surface area contributed by atoms with E-state index in [1.165, 1.54) is 4.90 Å². The first-order valence-electron chi connectivity index (χ1n) is 5.87. The molecule has 0 heterocycles. The summed E-state index contributed by atoms with van der Waals surface area (Å²) < 4.78 is 0.993. The van der Waals surface area contributed by atoms with Crippen molar-refractivity contribution in [1.82, 2.24) is 4.90 Å². The van der Waals surface area contributed by atoms with Crippen LogP contribution in [0.15, 0.2) is 24.3 Å². The van der Waals surface area contributed by atoms with Gasteiger partial charge in [0.15, 0.2) is 0 Å². The maximum absolute atomic E-state index is 12.3. The molecule has 4 nitrogen and oxygen atoms in total. The molecule has 98 valence electrons. The van der Waals surface area contributed by atoms with E-state index in [0.29, 0.717) is 12.1 Å². The van der Waals surface area contributed by atoms with Crippen molar-refractivity contribution in [3.05, 3.63) is 33.4 Å². The predicted molar refractivity (Wildman–Crippen MR) is 79.2 cm³/mol. The van der Waals surface area contributed by atoms with Gasteiger partial charge >= 0.3 is 0 Å². The number of amides is 2. The molecule has 2 N–H and O–H groups in total. The molecule has 5 heteroatoms. The van der Waals surface area contributed by atoms with Gasteiger partial charge in [0, 0.05) is 15.7 Å². The first-order chi connectivity index (χ1) is 8.54. The van der Waals surface area contributed by atoms with Crippen molar-refractivity contribution in [2.45, 2.75) is 19.8 Å². The molecule has 18 heavy (non-hydrogen) atoms. The zero-order chi connectivity index (χ0) is 13.5. The normalized spacial score (nSPS) is 10.1. The molecule has 0 aliphatic rings. The fourth-order valence-corrected chi connectivity index (χ4v) is 2.14. The summed E-state index contributed by atoms with van der Waals surface area (Å²) in [6, 6.07) is 7.31. The molecular weight excluding hydrogens is 343 g/mol. The molecule has 0 radical (unpaired) electrons. The van der Waals surface area contributed by atoms with E-state index in [1.54, 1.807) is 6.07 Å². The monoisotopic (exact) mass is 360 g/mol. The van der Waals surface area contributed by atoms with Crippen molar-refractivity contribution in [3.8, 4) is 0 Å². The number of rotatable bonds is 6. The second-order valence-corrected chi connectivity index (χ2v) is 5.30. The average Bonchev–Trinajstić information content (AvgIpc) is 2.33. The van der Waals surface area contributed by atoms with Crippen LogP contribution in [0.4, 0.5) is 0 Å². The standard InChI is InChI=1S/C13H17IN2O2/c1-2-3-7-16(9-12(15)17)13(18)10-5-4-6-11(14)8-10/h4-6,8H,2-3,7,9H2,1H3,(H2,15,17). The van der Waals surface area contributed by atoms with E-state index in [9.17, 15) is 9.59 Å². The van der Waals surface area contributed by atoms with Crippen molar-refractivity contribution in [1.29, 1.82) is 0 Å². The fourth-order valence-electron chi connectivity index (χ4n) is 1.59. The highest BCUT2D eigenvalue weighted by molar-refractivity contribution is 14.1. The van der Waals surface area contributed by atoms with Gasteiger partial charge in [-0.3, -0.25) is 9.59 Å². The molecule has 1 rings (SSSR count). The Morgan fingerprint density at radius 1 is 1.39 bits per heavy atom. The lowest BCUT2D eigenvalue weighted by molar-refractivity contribution is -0.118. The summed E-state index contributed by atoms with van der Waals surface area (Å²) in [7, 11) is 0. The summed E-state index contributed by atoms with van der Waals surface area (Å²) >= 11 is 2.15. The smallest absolute Gasteiger partial charge is 0.254 e. The zero-order valence-corrected chi connectivity index (χ0v) is 12.5. The molecule has 0 aliphatic heterocycles. The predicted octanol–water partition coefficient (Wildman–Crippen LogP) is 2.02. The first kappa shape index (κ1) is 14.9. The van der Waals surface area contributed by atoms with E-state index in [4.69, 9.17) is 5.73 Å². The molecule has 0 saturated heterocycles. The summed E-state index contributed by atoms with van der Waals surface area (Å²) in [4.78, 5) is 24.8. The van der Waals surface area contributed by atoms with Crippen LogP contribution >= 0.6 is 22.6 Å². The van der Waals surface area contributed by atoms with Crippen molar-refractivity contribution < 1.29 is 9.59 Å².